The average molecular weight is 297 g/mol. The zero-order chi connectivity index (χ0) is 12.3. The monoisotopic (exact) mass is 296 g/mol. The summed E-state index contributed by atoms with van der Waals surface area (Å²) in [7, 11) is 2.17. The van der Waals surface area contributed by atoms with Crippen LogP contribution < -0.4 is 10.2 Å². The Morgan fingerprint density at radius 3 is 2.88 bits per heavy atom. The number of anilines is 1. The third-order valence-electron chi connectivity index (χ3n) is 3.42. The number of benzene rings is 1. The van der Waals surface area contributed by atoms with Crippen molar-refractivity contribution < 1.29 is 0 Å². The van der Waals surface area contributed by atoms with Gasteiger partial charge in [0, 0.05) is 24.1 Å². The molecule has 0 spiro atoms. The Morgan fingerprint density at radius 1 is 1.41 bits per heavy atom. The number of halogens is 1. The van der Waals surface area contributed by atoms with E-state index in [1.807, 2.05) is 0 Å². The van der Waals surface area contributed by atoms with Crippen LogP contribution in [-0.2, 0) is 0 Å². The first-order valence-corrected chi connectivity index (χ1v) is 7.17. The van der Waals surface area contributed by atoms with Gasteiger partial charge in [-0.15, -0.1) is 0 Å². The van der Waals surface area contributed by atoms with Crippen molar-refractivity contribution in [3.8, 4) is 0 Å². The molecule has 17 heavy (non-hydrogen) atoms. The van der Waals surface area contributed by atoms with Gasteiger partial charge in [0.2, 0.25) is 0 Å². The molecule has 1 aromatic carbocycles. The third kappa shape index (κ3) is 3.46. The molecule has 1 saturated heterocycles. The van der Waals surface area contributed by atoms with E-state index >= 15 is 0 Å². The lowest BCUT2D eigenvalue weighted by molar-refractivity contribution is 0.403. The van der Waals surface area contributed by atoms with Crippen molar-refractivity contribution in [2.24, 2.45) is 0 Å². The molecular formula is C14H21BrN2. The normalized spacial score (nSPS) is 20.3. The number of nitrogens with zero attached hydrogens (tertiary/aromatic N) is 1. The maximum Gasteiger partial charge on any atom is 0.0508 e. The van der Waals surface area contributed by atoms with Gasteiger partial charge in [0.1, 0.15) is 0 Å². The van der Waals surface area contributed by atoms with Gasteiger partial charge in [-0.3, -0.25) is 0 Å². The van der Waals surface area contributed by atoms with Crippen molar-refractivity contribution in [3.05, 3.63) is 28.2 Å². The molecule has 94 valence electrons. The lowest BCUT2D eigenvalue weighted by Crippen LogP contribution is -2.42. The summed E-state index contributed by atoms with van der Waals surface area (Å²) >= 11 is 3.65. The molecular weight excluding hydrogens is 276 g/mol. The number of aryl methyl sites for hydroxylation is 1. The largest absolute Gasteiger partial charge is 0.372 e. The first-order valence-electron chi connectivity index (χ1n) is 6.37. The molecule has 0 amide bonds. The van der Waals surface area contributed by atoms with Crippen LogP contribution in [0.15, 0.2) is 22.7 Å². The predicted octanol–water partition coefficient (Wildman–Crippen LogP) is 3.34. The number of hydrogen-bond acceptors (Lipinski definition) is 2. The molecule has 1 N–H and O–H groups in total. The van der Waals surface area contributed by atoms with Crippen LogP contribution in [0.5, 0.6) is 0 Å². The molecule has 0 bridgehead atoms. The smallest absolute Gasteiger partial charge is 0.0508 e. The molecule has 1 fully saturated rings. The van der Waals surface area contributed by atoms with Crippen LogP contribution >= 0.6 is 15.9 Å². The Bertz CT molecular complexity index is 372. The fourth-order valence-corrected chi connectivity index (χ4v) is 3.23. The summed E-state index contributed by atoms with van der Waals surface area (Å²) in [5.74, 6) is 0. The number of nitrogens with one attached hydrogen (secondary N) is 1. The molecule has 0 radical (unpaired) electrons. The Labute approximate surface area is 113 Å². The second-order valence-corrected chi connectivity index (χ2v) is 5.84. The van der Waals surface area contributed by atoms with E-state index < -0.39 is 0 Å². The molecule has 1 heterocycles. The van der Waals surface area contributed by atoms with E-state index in [1.54, 1.807) is 0 Å². The first kappa shape index (κ1) is 12.9. The van der Waals surface area contributed by atoms with Gasteiger partial charge in [0.15, 0.2) is 0 Å². The van der Waals surface area contributed by atoms with Crippen LogP contribution in [0.3, 0.4) is 0 Å². The topological polar surface area (TPSA) is 15.3 Å². The van der Waals surface area contributed by atoms with E-state index in [4.69, 9.17) is 0 Å². The van der Waals surface area contributed by atoms with E-state index in [9.17, 15) is 0 Å². The number of rotatable bonds is 3. The summed E-state index contributed by atoms with van der Waals surface area (Å²) in [5, 5.41) is 3.59. The zero-order valence-corrected chi connectivity index (χ0v) is 12.3. The summed E-state index contributed by atoms with van der Waals surface area (Å²) < 4.78 is 1.19. The number of piperidine rings is 1. The fourth-order valence-electron chi connectivity index (χ4n) is 2.43. The van der Waals surface area contributed by atoms with Crippen LogP contribution in [0.2, 0.25) is 0 Å². The van der Waals surface area contributed by atoms with E-state index in [0.717, 1.165) is 6.54 Å². The average Bonchev–Trinajstić information content (AvgIpc) is 2.30. The highest BCUT2D eigenvalue weighted by Crippen LogP contribution is 2.26. The quantitative estimate of drug-likeness (QED) is 0.920. The highest BCUT2D eigenvalue weighted by Gasteiger charge is 2.15. The summed E-state index contributed by atoms with van der Waals surface area (Å²) in [6, 6.07) is 7.19. The van der Waals surface area contributed by atoms with E-state index in [2.05, 4.69) is 58.3 Å². The van der Waals surface area contributed by atoms with Crippen LogP contribution in [0.4, 0.5) is 5.69 Å². The van der Waals surface area contributed by atoms with Gasteiger partial charge in [0.05, 0.1) is 5.69 Å². The number of likely N-dealkylation sites (N-methyl/N-ethyl adjacent to an activating group) is 1. The highest BCUT2D eigenvalue weighted by atomic mass is 79.9. The second kappa shape index (κ2) is 5.87. The van der Waals surface area contributed by atoms with Crippen molar-refractivity contribution in [3.63, 3.8) is 0 Å². The summed E-state index contributed by atoms with van der Waals surface area (Å²) in [4.78, 5) is 2.34. The van der Waals surface area contributed by atoms with E-state index in [1.165, 1.54) is 41.5 Å². The van der Waals surface area contributed by atoms with Crippen LogP contribution in [0.1, 0.15) is 24.8 Å². The van der Waals surface area contributed by atoms with Crippen LogP contribution in [-0.4, -0.2) is 26.2 Å². The molecule has 3 heteroatoms. The molecule has 1 atom stereocenters. The molecule has 2 rings (SSSR count). The maximum absolute atomic E-state index is 3.65. The Morgan fingerprint density at radius 2 is 2.24 bits per heavy atom. The molecule has 0 aromatic heterocycles. The summed E-state index contributed by atoms with van der Waals surface area (Å²) in [6.45, 7) is 4.38. The molecule has 1 aliphatic rings. The molecule has 1 unspecified atom stereocenters. The summed E-state index contributed by atoms with van der Waals surface area (Å²) in [5.41, 5.74) is 2.58. The Kier molecular flexibility index (Phi) is 4.46. The lowest BCUT2D eigenvalue weighted by atomic mass is 10.0. The molecule has 2 nitrogen and oxygen atoms in total. The highest BCUT2D eigenvalue weighted by molar-refractivity contribution is 9.10. The maximum atomic E-state index is 3.65. The van der Waals surface area contributed by atoms with Gasteiger partial charge < -0.3 is 10.2 Å². The van der Waals surface area contributed by atoms with Gasteiger partial charge in [-0.2, -0.15) is 0 Å². The minimum atomic E-state index is 0.641. The van der Waals surface area contributed by atoms with E-state index in [0.29, 0.717) is 6.04 Å². The lowest BCUT2D eigenvalue weighted by Gasteiger charge is -2.30. The molecule has 1 aliphatic heterocycles. The van der Waals surface area contributed by atoms with Crippen LogP contribution in [0, 0.1) is 6.92 Å². The minimum Gasteiger partial charge on any atom is -0.372 e. The van der Waals surface area contributed by atoms with Crippen molar-refractivity contribution in [1.29, 1.82) is 0 Å². The van der Waals surface area contributed by atoms with Gasteiger partial charge in [0.25, 0.3) is 0 Å². The second-order valence-electron chi connectivity index (χ2n) is 4.98. The Hall–Kier alpha value is -0.540. The van der Waals surface area contributed by atoms with Crippen molar-refractivity contribution >= 4 is 21.6 Å². The van der Waals surface area contributed by atoms with Gasteiger partial charge >= 0.3 is 0 Å². The number of hydrogen-bond donors (Lipinski definition) is 1. The van der Waals surface area contributed by atoms with Crippen molar-refractivity contribution in [2.45, 2.75) is 32.2 Å². The van der Waals surface area contributed by atoms with Gasteiger partial charge in [-0.25, -0.2) is 0 Å². The van der Waals surface area contributed by atoms with Gasteiger partial charge in [-0.1, -0.05) is 12.5 Å². The van der Waals surface area contributed by atoms with Crippen molar-refractivity contribution in [2.75, 3.05) is 25.0 Å². The van der Waals surface area contributed by atoms with Crippen molar-refractivity contribution in [1.82, 2.24) is 5.32 Å². The fraction of sp³-hybridized carbons (Fsp3) is 0.571. The van der Waals surface area contributed by atoms with Crippen LogP contribution in [0.25, 0.3) is 0 Å². The first-order chi connectivity index (χ1) is 8.16. The predicted molar refractivity (Wildman–Crippen MR) is 77.8 cm³/mol. The van der Waals surface area contributed by atoms with E-state index in [-0.39, 0.29) is 0 Å². The molecule has 1 aromatic rings. The third-order valence-corrected chi connectivity index (χ3v) is 4.06. The SMILES string of the molecule is Cc1ccc(N(C)CC2CCCCN2)c(Br)c1. The summed E-state index contributed by atoms with van der Waals surface area (Å²) in [6.07, 6.45) is 3.99. The minimum absolute atomic E-state index is 0.641. The molecule has 0 saturated carbocycles. The zero-order valence-electron chi connectivity index (χ0n) is 10.7. The standard InChI is InChI=1S/C14H21BrN2/c1-11-6-7-14(13(15)9-11)17(2)10-12-5-3-4-8-16-12/h6-7,9,12,16H,3-5,8,10H2,1-2H3. The van der Waals surface area contributed by atoms with Gasteiger partial charge in [-0.05, 0) is 59.9 Å². The molecule has 0 aliphatic carbocycles. The Balaban J connectivity index is 2.00.